The fraction of sp³-hybridized carbons (Fsp3) is 0.250. The number of nitrogens with zero attached hydrogens (tertiary/aromatic N) is 2. The molecule has 1 aromatic heterocycles. The summed E-state index contributed by atoms with van der Waals surface area (Å²) in [7, 11) is 0. The summed E-state index contributed by atoms with van der Waals surface area (Å²) < 4.78 is 25.4. The van der Waals surface area contributed by atoms with Gasteiger partial charge < -0.3 is 0 Å². The Hall–Kier alpha value is 0.280. The van der Waals surface area contributed by atoms with Crippen molar-refractivity contribution in [3.05, 3.63) is 14.4 Å². The van der Waals surface area contributed by atoms with Gasteiger partial charge in [-0.05, 0) is 38.5 Å². The van der Waals surface area contributed by atoms with E-state index < -0.39 is 6.55 Å². The van der Waals surface area contributed by atoms with Crippen molar-refractivity contribution in [1.29, 1.82) is 0 Å². The normalized spacial score (nSPS) is 10.9. The highest BCUT2D eigenvalue weighted by atomic mass is 127. The molecule has 1 aromatic rings. The van der Waals surface area contributed by atoms with E-state index in [0.29, 0.717) is 12.9 Å². The maximum Gasteiger partial charge on any atom is 0.333 e. The average Bonchev–Trinajstić information content (AvgIpc) is 2.13. The van der Waals surface area contributed by atoms with Crippen molar-refractivity contribution in [2.24, 2.45) is 0 Å². The van der Waals surface area contributed by atoms with Gasteiger partial charge in [-0.3, -0.25) is 0 Å². The first-order valence-corrected chi connectivity index (χ1v) is 4.16. The largest absolute Gasteiger partial charge is 0.333 e. The Morgan fingerprint density at radius 3 is 2.50 bits per heavy atom. The summed E-state index contributed by atoms with van der Waals surface area (Å²) in [6.45, 7) is -2.56. The lowest BCUT2D eigenvalue weighted by Gasteiger charge is -1.94. The summed E-state index contributed by atoms with van der Waals surface area (Å²) in [5.41, 5.74) is 0. The van der Waals surface area contributed by atoms with Crippen molar-refractivity contribution in [3.63, 3.8) is 0 Å². The standard InChI is InChI=1S/C4H2BrF2IN2/c5-3-2(8)1-10(9-3)4(6)7/h1,4H. The molecule has 6 heteroatoms. The summed E-state index contributed by atoms with van der Waals surface area (Å²) in [6, 6.07) is 0. The van der Waals surface area contributed by atoms with Crippen LogP contribution in [0.2, 0.25) is 0 Å². The van der Waals surface area contributed by atoms with Crippen LogP contribution >= 0.6 is 38.5 Å². The maximum atomic E-state index is 11.8. The molecule has 0 fully saturated rings. The topological polar surface area (TPSA) is 17.8 Å². The Bertz CT molecular complexity index is 218. The minimum Gasteiger partial charge on any atom is -0.209 e. The van der Waals surface area contributed by atoms with Gasteiger partial charge in [0.05, 0.1) is 3.57 Å². The van der Waals surface area contributed by atoms with Gasteiger partial charge in [0, 0.05) is 6.20 Å². The van der Waals surface area contributed by atoms with Gasteiger partial charge >= 0.3 is 6.55 Å². The van der Waals surface area contributed by atoms with Crippen molar-refractivity contribution in [1.82, 2.24) is 9.78 Å². The van der Waals surface area contributed by atoms with Gasteiger partial charge in [-0.25, -0.2) is 4.68 Å². The van der Waals surface area contributed by atoms with Crippen molar-refractivity contribution in [2.45, 2.75) is 6.55 Å². The van der Waals surface area contributed by atoms with Crippen LogP contribution in [-0.4, -0.2) is 9.78 Å². The quantitative estimate of drug-likeness (QED) is 0.727. The summed E-state index contributed by atoms with van der Waals surface area (Å²) in [4.78, 5) is 0. The smallest absolute Gasteiger partial charge is 0.209 e. The lowest BCUT2D eigenvalue weighted by Crippen LogP contribution is -1.97. The Balaban J connectivity index is 2.98. The van der Waals surface area contributed by atoms with Gasteiger partial charge in [0.15, 0.2) is 0 Å². The lowest BCUT2D eigenvalue weighted by atomic mass is 10.7. The molecule has 0 radical (unpaired) electrons. The third-order valence-corrected chi connectivity index (χ3v) is 2.96. The molecule has 0 saturated heterocycles. The fourth-order valence-electron chi connectivity index (χ4n) is 0.447. The van der Waals surface area contributed by atoms with Crippen LogP contribution in [0.4, 0.5) is 8.78 Å². The predicted molar refractivity (Wildman–Crippen MR) is 43.9 cm³/mol. The van der Waals surface area contributed by atoms with Gasteiger partial charge in [-0.15, -0.1) is 0 Å². The van der Waals surface area contributed by atoms with Crippen LogP contribution in [0.1, 0.15) is 6.55 Å². The molecule has 0 aliphatic rings. The number of aromatic nitrogens is 2. The van der Waals surface area contributed by atoms with Crippen LogP contribution < -0.4 is 0 Å². The highest BCUT2D eigenvalue weighted by molar-refractivity contribution is 14.1. The van der Waals surface area contributed by atoms with E-state index >= 15 is 0 Å². The Kier molecular flexibility index (Phi) is 2.61. The monoisotopic (exact) mass is 322 g/mol. The number of rotatable bonds is 1. The Labute approximate surface area is 77.9 Å². The highest BCUT2D eigenvalue weighted by Crippen LogP contribution is 2.19. The number of halogens is 4. The first kappa shape index (κ1) is 8.38. The van der Waals surface area contributed by atoms with Crippen LogP contribution in [0, 0.1) is 3.57 Å². The average molecular weight is 323 g/mol. The molecule has 1 rings (SSSR count). The lowest BCUT2D eigenvalue weighted by molar-refractivity contribution is 0.0562. The summed E-state index contributed by atoms with van der Waals surface area (Å²) in [5.74, 6) is 0. The van der Waals surface area contributed by atoms with Gasteiger partial charge in [-0.2, -0.15) is 13.9 Å². The van der Waals surface area contributed by atoms with Crippen molar-refractivity contribution < 1.29 is 8.78 Å². The van der Waals surface area contributed by atoms with E-state index in [0.717, 1.165) is 0 Å². The van der Waals surface area contributed by atoms with Crippen LogP contribution in [0.25, 0.3) is 0 Å². The zero-order chi connectivity index (χ0) is 7.72. The second kappa shape index (κ2) is 3.12. The first-order valence-electron chi connectivity index (χ1n) is 2.29. The third kappa shape index (κ3) is 1.66. The molecule has 1 heterocycles. The Morgan fingerprint density at radius 2 is 2.30 bits per heavy atom. The molecule has 10 heavy (non-hydrogen) atoms. The van der Waals surface area contributed by atoms with Crippen molar-refractivity contribution in [3.8, 4) is 0 Å². The predicted octanol–water partition coefficient (Wildman–Crippen LogP) is 2.65. The van der Waals surface area contributed by atoms with Gasteiger partial charge in [0.25, 0.3) is 0 Å². The Morgan fingerprint density at radius 1 is 1.70 bits per heavy atom. The molecular weight excluding hydrogens is 321 g/mol. The molecule has 0 unspecified atom stereocenters. The van der Waals surface area contributed by atoms with Crippen LogP contribution in [0.15, 0.2) is 10.8 Å². The van der Waals surface area contributed by atoms with Crippen LogP contribution in [0.5, 0.6) is 0 Å². The van der Waals surface area contributed by atoms with E-state index in [1.165, 1.54) is 6.20 Å². The van der Waals surface area contributed by atoms with Crippen LogP contribution in [-0.2, 0) is 0 Å². The minimum absolute atomic E-state index is 0.452. The van der Waals surface area contributed by atoms with Crippen LogP contribution in [0.3, 0.4) is 0 Å². The first-order chi connectivity index (χ1) is 4.61. The molecule has 0 aliphatic heterocycles. The van der Waals surface area contributed by atoms with Gasteiger partial charge in [0.2, 0.25) is 0 Å². The summed E-state index contributed by atoms with van der Waals surface area (Å²) in [6.07, 6.45) is 1.27. The molecule has 0 aromatic carbocycles. The van der Waals surface area contributed by atoms with E-state index in [2.05, 4.69) is 21.0 Å². The number of hydrogen-bond donors (Lipinski definition) is 0. The minimum atomic E-state index is -2.56. The fourth-order valence-corrected chi connectivity index (χ4v) is 1.13. The highest BCUT2D eigenvalue weighted by Gasteiger charge is 2.09. The molecule has 0 aliphatic carbocycles. The number of alkyl halides is 2. The van der Waals surface area contributed by atoms with Gasteiger partial charge in [0.1, 0.15) is 4.60 Å². The molecule has 2 nitrogen and oxygen atoms in total. The zero-order valence-corrected chi connectivity index (χ0v) is 8.30. The van der Waals surface area contributed by atoms with E-state index in [4.69, 9.17) is 0 Å². The van der Waals surface area contributed by atoms with E-state index in [1.54, 1.807) is 0 Å². The molecule has 0 atom stereocenters. The maximum absolute atomic E-state index is 11.8. The summed E-state index contributed by atoms with van der Waals surface area (Å²) >= 11 is 4.93. The summed E-state index contributed by atoms with van der Waals surface area (Å²) in [5, 5.41) is 3.49. The second-order valence-electron chi connectivity index (χ2n) is 1.53. The molecule has 0 N–H and O–H groups in total. The molecule has 0 amide bonds. The van der Waals surface area contributed by atoms with E-state index in [9.17, 15) is 8.78 Å². The number of hydrogen-bond acceptors (Lipinski definition) is 1. The second-order valence-corrected chi connectivity index (χ2v) is 3.44. The van der Waals surface area contributed by atoms with Crippen molar-refractivity contribution >= 4 is 38.5 Å². The third-order valence-electron chi connectivity index (χ3n) is 0.846. The SMILES string of the molecule is FC(F)n1cc(I)c(Br)n1. The molecule has 56 valence electrons. The molecule has 0 bridgehead atoms. The van der Waals surface area contributed by atoms with Crippen molar-refractivity contribution in [2.75, 3.05) is 0 Å². The van der Waals surface area contributed by atoms with E-state index in [-0.39, 0.29) is 0 Å². The van der Waals surface area contributed by atoms with E-state index in [1.807, 2.05) is 22.6 Å². The zero-order valence-electron chi connectivity index (χ0n) is 4.56. The molecule has 0 saturated carbocycles. The van der Waals surface area contributed by atoms with Gasteiger partial charge in [-0.1, -0.05) is 0 Å². The molecule has 0 spiro atoms. The molecular formula is C4H2BrF2IN2.